The molecule has 0 saturated heterocycles. The smallest absolute Gasteiger partial charge is 0.246 e. The predicted molar refractivity (Wildman–Crippen MR) is 69.4 cm³/mol. The lowest BCUT2D eigenvalue weighted by molar-refractivity contribution is -0.425. The standard InChI is InChI=1S/C13H14N2O4/c1-3-11(15(16)17)8-10-4-5-12(19-7-6-14)13(9-10)18-2/h4-5,8-9H,3,7H2,1-2H3. The van der Waals surface area contributed by atoms with Crippen LogP contribution in [0.25, 0.3) is 6.08 Å². The average molecular weight is 262 g/mol. The second-order valence-corrected chi connectivity index (χ2v) is 3.60. The minimum Gasteiger partial charge on any atom is -0.493 e. The van der Waals surface area contributed by atoms with Gasteiger partial charge in [0.1, 0.15) is 6.07 Å². The first kappa shape index (κ1) is 14.5. The van der Waals surface area contributed by atoms with E-state index in [4.69, 9.17) is 14.7 Å². The van der Waals surface area contributed by atoms with Gasteiger partial charge in [-0.2, -0.15) is 5.26 Å². The van der Waals surface area contributed by atoms with Gasteiger partial charge in [0, 0.05) is 12.5 Å². The second-order valence-electron chi connectivity index (χ2n) is 3.60. The minimum atomic E-state index is -0.410. The SMILES string of the molecule is CCC(=Cc1ccc(OCC#N)c(OC)c1)[N+](=O)[O-]. The van der Waals surface area contributed by atoms with Gasteiger partial charge in [-0.25, -0.2) is 0 Å². The van der Waals surface area contributed by atoms with Gasteiger partial charge in [-0.3, -0.25) is 10.1 Å². The molecule has 1 rings (SSSR count). The third-order valence-electron chi connectivity index (χ3n) is 2.41. The zero-order chi connectivity index (χ0) is 14.3. The Hall–Kier alpha value is -2.55. The molecule has 0 bridgehead atoms. The molecular weight excluding hydrogens is 248 g/mol. The van der Waals surface area contributed by atoms with E-state index in [1.165, 1.54) is 13.2 Å². The van der Waals surface area contributed by atoms with Gasteiger partial charge in [0.15, 0.2) is 18.1 Å². The second kappa shape index (κ2) is 7.01. The molecule has 6 nitrogen and oxygen atoms in total. The molecule has 0 aliphatic heterocycles. The number of ether oxygens (including phenoxy) is 2. The van der Waals surface area contributed by atoms with Gasteiger partial charge in [0.25, 0.3) is 0 Å². The molecule has 100 valence electrons. The van der Waals surface area contributed by atoms with Crippen LogP contribution >= 0.6 is 0 Å². The maximum atomic E-state index is 10.7. The van der Waals surface area contributed by atoms with Crippen LogP contribution in [-0.2, 0) is 0 Å². The quantitative estimate of drug-likeness (QED) is 0.581. The van der Waals surface area contributed by atoms with Gasteiger partial charge in [-0.05, 0) is 17.7 Å². The third-order valence-corrected chi connectivity index (χ3v) is 2.41. The summed E-state index contributed by atoms with van der Waals surface area (Å²) < 4.78 is 10.3. The van der Waals surface area contributed by atoms with Gasteiger partial charge in [-0.15, -0.1) is 0 Å². The molecule has 0 unspecified atom stereocenters. The van der Waals surface area contributed by atoms with Crippen molar-refractivity contribution >= 4 is 6.08 Å². The summed E-state index contributed by atoms with van der Waals surface area (Å²) in [6.07, 6.45) is 1.82. The fourth-order valence-corrected chi connectivity index (χ4v) is 1.48. The van der Waals surface area contributed by atoms with Gasteiger partial charge in [-0.1, -0.05) is 13.0 Å². The van der Waals surface area contributed by atoms with Crippen LogP contribution in [0.4, 0.5) is 0 Å². The first-order valence-corrected chi connectivity index (χ1v) is 5.65. The summed E-state index contributed by atoms with van der Waals surface area (Å²) in [5, 5.41) is 19.2. The highest BCUT2D eigenvalue weighted by molar-refractivity contribution is 5.57. The van der Waals surface area contributed by atoms with Gasteiger partial charge < -0.3 is 9.47 Å². The molecule has 1 aromatic carbocycles. The maximum absolute atomic E-state index is 10.7. The Labute approximate surface area is 111 Å². The lowest BCUT2D eigenvalue weighted by atomic mass is 10.1. The number of rotatable bonds is 6. The summed E-state index contributed by atoms with van der Waals surface area (Å²) in [5.41, 5.74) is 0.766. The van der Waals surface area contributed by atoms with Crippen molar-refractivity contribution in [1.29, 1.82) is 5.26 Å². The van der Waals surface area contributed by atoms with E-state index in [9.17, 15) is 10.1 Å². The van der Waals surface area contributed by atoms with Gasteiger partial charge in [0.2, 0.25) is 5.70 Å². The molecule has 1 aromatic rings. The molecule has 0 aliphatic carbocycles. The Morgan fingerprint density at radius 2 is 2.26 bits per heavy atom. The number of nitro groups is 1. The fraction of sp³-hybridized carbons (Fsp3) is 0.308. The Morgan fingerprint density at radius 3 is 2.79 bits per heavy atom. The van der Waals surface area contributed by atoms with Crippen LogP contribution in [0.5, 0.6) is 11.5 Å². The lowest BCUT2D eigenvalue weighted by Crippen LogP contribution is -1.98. The van der Waals surface area contributed by atoms with E-state index < -0.39 is 4.92 Å². The molecule has 0 atom stereocenters. The van der Waals surface area contributed by atoms with E-state index >= 15 is 0 Å². The molecule has 0 saturated carbocycles. The van der Waals surface area contributed by atoms with E-state index in [1.807, 2.05) is 6.07 Å². The Bertz CT molecular complexity index is 532. The Balaban J connectivity index is 3.06. The summed E-state index contributed by atoms with van der Waals surface area (Å²) in [7, 11) is 1.47. The van der Waals surface area contributed by atoms with Crippen molar-refractivity contribution in [1.82, 2.24) is 0 Å². The fourth-order valence-electron chi connectivity index (χ4n) is 1.48. The zero-order valence-corrected chi connectivity index (χ0v) is 10.8. The summed E-state index contributed by atoms with van der Waals surface area (Å²) in [6.45, 7) is 1.64. The number of benzene rings is 1. The maximum Gasteiger partial charge on any atom is 0.246 e. The van der Waals surface area contributed by atoms with E-state index in [0.29, 0.717) is 23.5 Å². The summed E-state index contributed by atoms with van der Waals surface area (Å²) >= 11 is 0. The average Bonchev–Trinajstić information content (AvgIpc) is 2.42. The molecule has 0 heterocycles. The first-order chi connectivity index (χ1) is 9.12. The predicted octanol–water partition coefficient (Wildman–Crippen LogP) is 2.63. The Kier molecular flexibility index (Phi) is 5.35. The molecule has 19 heavy (non-hydrogen) atoms. The Morgan fingerprint density at radius 1 is 1.53 bits per heavy atom. The van der Waals surface area contributed by atoms with Crippen LogP contribution in [0.1, 0.15) is 18.9 Å². The monoisotopic (exact) mass is 262 g/mol. The number of hydrogen-bond donors (Lipinski definition) is 0. The lowest BCUT2D eigenvalue weighted by Gasteiger charge is -2.08. The van der Waals surface area contributed by atoms with Crippen LogP contribution in [0.3, 0.4) is 0 Å². The molecule has 0 N–H and O–H groups in total. The van der Waals surface area contributed by atoms with Crippen molar-refractivity contribution in [3.05, 3.63) is 39.6 Å². The number of nitriles is 1. The van der Waals surface area contributed by atoms with Crippen LogP contribution < -0.4 is 9.47 Å². The van der Waals surface area contributed by atoms with E-state index in [-0.39, 0.29) is 12.3 Å². The van der Waals surface area contributed by atoms with E-state index in [0.717, 1.165) is 0 Å². The molecule has 0 spiro atoms. The number of hydrogen-bond acceptors (Lipinski definition) is 5. The normalized spacial score (nSPS) is 10.7. The van der Waals surface area contributed by atoms with E-state index in [1.54, 1.807) is 25.1 Å². The molecule has 0 amide bonds. The van der Waals surface area contributed by atoms with Crippen LogP contribution in [0, 0.1) is 21.4 Å². The minimum absolute atomic E-state index is 0.0827. The van der Waals surface area contributed by atoms with Crippen molar-refractivity contribution in [3.8, 4) is 17.6 Å². The highest BCUT2D eigenvalue weighted by atomic mass is 16.6. The van der Waals surface area contributed by atoms with Crippen LogP contribution in [0.2, 0.25) is 0 Å². The van der Waals surface area contributed by atoms with Crippen molar-refractivity contribution < 1.29 is 14.4 Å². The van der Waals surface area contributed by atoms with Crippen molar-refractivity contribution in [2.24, 2.45) is 0 Å². The highest BCUT2D eigenvalue weighted by Crippen LogP contribution is 2.29. The third kappa shape index (κ3) is 4.00. The molecule has 0 aliphatic rings. The van der Waals surface area contributed by atoms with Crippen LogP contribution in [-0.4, -0.2) is 18.6 Å². The van der Waals surface area contributed by atoms with E-state index in [2.05, 4.69) is 0 Å². The summed E-state index contributed by atoms with van der Waals surface area (Å²) in [6, 6.07) is 6.79. The first-order valence-electron chi connectivity index (χ1n) is 5.65. The van der Waals surface area contributed by atoms with Crippen molar-refractivity contribution in [2.45, 2.75) is 13.3 Å². The topological polar surface area (TPSA) is 85.4 Å². The molecule has 0 radical (unpaired) electrons. The van der Waals surface area contributed by atoms with Gasteiger partial charge >= 0.3 is 0 Å². The number of nitrogens with zero attached hydrogens (tertiary/aromatic N) is 2. The number of methoxy groups -OCH3 is 1. The molecular formula is C13H14N2O4. The van der Waals surface area contributed by atoms with Crippen LogP contribution in [0.15, 0.2) is 23.9 Å². The zero-order valence-electron chi connectivity index (χ0n) is 10.8. The van der Waals surface area contributed by atoms with Crippen molar-refractivity contribution in [3.63, 3.8) is 0 Å². The van der Waals surface area contributed by atoms with Crippen molar-refractivity contribution in [2.75, 3.05) is 13.7 Å². The number of allylic oxidation sites excluding steroid dienone is 1. The largest absolute Gasteiger partial charge is 0.493 e. The highest BCUT2D eigenvalue weighted by Gasteiger charge is 2.09. The van der Waals surface area contributed by atoms with Gasteiger partial charge in [0.05, 0.1) is 12.0 Å². The molecule has 6 heteroatoms. The molecule has 0 fully saturated rings. The summed E-state index contributed by atoms with van der Waals surface area (Å²) in [4.78, 5) is 10.3. The molecule has 0 aromatic heterocycles. The summed E-state index contributed by atoms with van der Waals surface area (Å²) in [5.74, 6) is 0.864.